The standard InChI is InChI=1S/C25H20N2S.C2H4/c28-25(26(21-13-5-1-6-14-21)22-15-7-2-8-16-22)27(23-17-9-3-10-18-23)24-19-11-4-12-20-24;1-2/h1-20H;1-2H2. The molecule has 0 spiro atoms. The number of para-hydroxylation sites is 4. The predicted octanol–water partition coefficient (Wildman–Crippen LogP) is 7.75. The molecule has 0 aliphatic carbocycles. The van der Waals surface area contributed by atoms with Crippen LogP contribution in [0.3, 0.4) is 0 Å². The second kappa shape index (κ2) is 10.7. The lowest BCUT2D eigenvalue weighted by Crippen LogP contribution is -2.37. The van der Waals surface area contributed by atoms with Gasteiger partial charge in [-0.15, -0.1) is 13.2 Å². The van der Waals surface area contributed by atoms with Gasteiger partial charge in [0.15, 0.2) is 5.11 Å². The molecule has 3 heteroatoms. The molecule has 0 amide bonds. The third-order valence-corrected chi connectivity index (χ3v) is 4.81. The van der Waals surface area contributed by atoms with Gasteiger partial charge in [-0.2, -0.15) is 0 Å². The molecule has 0 saturated carbocycles. The SMILES string of the molecule is C=C.S=C(N(c1ccccc1)c1ccccc1)N(c1ccccc1)c1ccccc1. The fourth-order valence-electron chi connectivity index (χ4n) is 3.15. The average Bonchev–Trinajstić information content (AvgIpc) is 2.84. The highest BCUT2D eigenvalue weighted by Crippen LogP contribution is 2.32. The van der Waals surface area contributed by atoms with Crippen molar-refractivity contribution in [2.24, 2.45) is 0 Å². The van der Waals surface area contributed by atoms with Crippen LogP contribution in [0.4, 0.5) is 22.7 Å². The van der Waals surface area contributed by atoms with Crippen LogP contribution < -0.4 is 9.80 Å². The van der Waals surface area contributed by atoms with Crippen molar-refractivity contribution in [2.75, 3.05) is 9.80 Å². The van der Waals surface area contributed by atoms with E-state index in [1.165, 1.54) is 0 Å². The van der Waals surface area contributed by atoms with Gasteiger partial charge >= 0.3 is 0 Å². The minimum atomic E-state index is 0.690. The van der Waals surface area contributed by atoms with Gasteiger partial charge < -0.3 is 0 Å². The first kappa shape index (κ1) is 21.0. The number of benzene rings is 4. The topological polar surface area (TPSA) is 6.48 Å². The molecule has 148 valence electrons. The molecule has 0 saturated heterocycles. The summed E-state index contributed by atoms with van der Waals surface area (Å²) >= 11 is 6.08. The molecule has 0 heterocycles. The van der Waals surface area contributed by atoms with E-state index in [9.17, 15) is 0 Å². The quantitative estimate of drug-likeness (QED) is 0.252. The van der Waals surface area contributed by atoms with Crippen LogP contribution in [0.2, 0.25) is 0 Å². The van der Waals surface area contributed by atoms with Crippen molar-refractivity contribution in [1.29, 1.82) is 0 Å². The normalized spacial score (nSPS) is 9.73. The smallest absolute Gasteiger partial charge is 0.190 e. The van der Waals surface area contributed by atoms with Gasteiger partial charge in [-0.1, -0.05) is 72.8 Å². The Morgan fingerprint density at radius 3 is 0.833 bits per heavy atom. The Labute approximate surface area is 184 Å². The van der Waals surface area contributed by atoms with E-state index >= 15 is 0 Å². The zero-order valence-electron chi connectivity index (χ0n) is 16.8. The molecular formula is C27H24N2S. The number of hydrogen-bond acceptors (Lipinski definition) is 1. The summed E-state index contributed by atoms with van der Waals surface area (Å²) < 4.78 is 0. The molecule has 2 nitrogen and oxygen atoms in total. The summed E-state index contributed by atoms with van der Waals surface area (Å²) in [5.41, 5.74) is 4.09. The lowest BCUT2D eigenvalue weighted by molar-refractivity contribution is 1.27. The largest absolute Gasteiger partial charge is 0.287 e. The van der Waals surface area contributed by atoms with Gasteiger partial charge in [-0.05, 0) is 60.7 Å². The summed E-state index contributed by atoms with van der Waals surface area (Å²) in [6, 6.07) is 40.9. The Kier molecular flexibility index (Phi) is 7.53. The highest BCUT2D eigenvalue weighted by molar-refractivity contribution is 7.80. The lowest BCUT2D eigenvalue weighted by atomic mass is 10.2. The van der Waals surface area contributed by atoms with Crippen LogP contribution >= 0.6 is 12.2 Å². The Hall–Kier alpha value is -3.69. The maximum Gasteiger partial charge on any atom is 0.190 e. The second-order valence-electron chi connectivity index (χ2n) is 6.30. The first-order chi connectivity index (χ1) is 14.8. The lowest BCUT2D eigenvalue weighted by Gasteiger charge is -2.34. The Balaban J connectivity index is 0.00000124. The summed E-state index contributed by atoms with van der Waals surface area (Å²) in [4.78, 5) is 4.21. The van der Waals surface area contributed by atoms with E-state index in [0.29, 0.717) is 5.11 Å². The van der Waals surface area contributed by atoms with Crippen molar-refractivity contribution in [3.63, 3.8) is 0 Å². The molecule has 0 aromatic heterocycles. The maximum atomic E-state index is 6.08. The van der Waals surface area contributed by atoms with E-state index in [0.717, 1.165) is 22.7 Å². The molecule has 4 aromatic carbocycles. The van der Waals surface area contributed by atoms with Gasteiger partial charge in [0.1, 0.15) is 0 Å². The highest BCUT2D eigenvalue weighted by Gasteiger charge is 2.22. The Morgan fingerprint density at radius 2 is 0.633 bits per heavy atom. The molecule has 0 unspecified atom stereocenters. The van der Waals surface area contributed by atoms with Gasteiger partial charge in [-0.25, -0.2) is 0 Å². The molecule has 30 heavy (non-hydrogen) atoms. The van der Waals surface area contributed by atoms with Crippen LogP contribution in [-0.4, -0.2) is 5.11 Å². The zero-order valence-corrected chi connectivity index (χ0v) is 17.6. The molecule has 0 radical (unpaired) electrons. The van der Waals surface area contributed by atoms with E-state index in [1.807, 2.05) is 72.8 Å². The molecule has 0 aliphatic rings. The van der Waals surface area contributed by atoms with E-state index in [4.69, 9.17) is 12.2 Å². The summed E-state index contributed by atoms with van der Waals surface area (Å²) in [6.45, 7) is 6.00. The van der Waals surface area contributed by atoms with Crippen LogP contribution in [0, 0.1) is 0 Å². The maximum absolute atomic E-state index is 6.08. The molecule has 0 fully saturated rings. The Bertz CT molecular complexity index is 871. The first-order valence-electron chi connectivity index (χ1n) is 9.69. The number of rotatable bonds is 4. The molecule has 0 atom stereocenters. The predicted molar refractivity (Wildman–Crippen MR) is 134 cm³/mol. The summed E-state index contributed by atoms with van der Waals surface area (Å²) in [6.07, 6.45) is 0. The van der Waals surface area contributed by atoms with Gasteiger partial charge in [0.2, 0.25) is 0 Å². The second-order valence-corrected chi connectivity index (χ2v) is 6.66. The molecule has 0 N–H and O–H groups in total. The molecule has 4 aromatic rings. The van der Waals surface area contributed by atoms with Crippen molar-refractivity contribution in [2.45, 2.75) is 0 Å². The molecule has 4 rings (SSSR count). The van der Waals surface area contributed by atoms with Crippen molar-refractivity contribution in [3.8, 4) is 0 Å². The third-order valence-electron chi connectivity index (χ3n) is 4.44. The Morgan fingerprint density at radius 1 is 0.433 bits per heavy atom. The van der Waals surface area contributed by atoms with Crippen molar-refractivity contribution >= 4 is 40.1 Å². The van der Waals surface area contributed by atoms with Crippen LogP contribution in [0.25, 0.3) is 0 Å². The zero-order chi connectivity index (χ0) is 21.2. The van der Waals surface area contributed by atoms with Crippen LogP contribution in [0.15, 0.2) is 134 Å². The fourth-order valence-corrected chi connectivity index (χ4v) is 3.57. The third kappa shape index (κ3) is 4.83. The van der Waals surface area contributed by atoms with Crippen LogP contribution in [-0.2, 0) is 0 Å². The van der Waals surface area contributed by atoms with E-state index < -0.39 is 0 Å². The highest BCUT2D eigenvalue weighted by atomic mass is 32.1. The number of nitrogens with zero attached hydrogens (tertiary/aromatic N) is 2. The van der Waals surface area contributed by atoms with Crippen molar-refractivity contribution < 1.29 is 0 Å². The number of anilines is 4. The molecular weight excluding hydrogens is 384 g/mol. The minimum Gasteiger partial charge on any atom is -0.287 e. The van der Waals surface area contributed by atoms with Crippen molar-refractivity contribution in [1.82, 2.24) is 0 Å². The van der Waals surface area contributed by atoms with Crippen molar-refractivity contribution in [3.05, 3.63) is 134 Å². The summed E-state index contributed by atoms with van der Waals surface area (Å²) in [5, 5.41) is 0.690. The van der Waals surface area contributed by atoms with Gasteiger partial charge in [0.25, 0.3) is 0 Å². The van der Waals surface area contributed by atoms with Crippen LogP contribution in [0.1, 0.15) is 0 Å². The van der Waals surface area contributed by atoms with E-state index in [2.05, 4.69) is 71.5 Å². The van der Waals surface area contributed by atoms with E-state index in [-0.39, 0.29) is 0 Å². The van der Waals surface area contributed by atoms with Gasteiger partial charge in [0, 0.05) is 22.7 Å². The van der Waals surface area contributed by atoms with Crippen LogP contribution in [0.5, 0.6) is 0 Å². The number of thiocarbonyl (C=S) groups is 1. The summed E-state index contributed by atoms with van der Waals surface area (Å²) in [7, 11) is 0. The fraction of sp³-hybridized carbons (Fsp3) is 0. The molecule has 0 bridgehead atoms. The number of hydrogen-bond donors (Lipinski definition) is 0. The first-order valence-corrected chi connectivity index (χ1v) is 10.1. The molecule has 0 aliphatic heterocycles. The van der Waals surface area contributed by atoms with Gasteiger partial charge in [0.05, 0.1) is 0 Å². The van der Waals surface area contributed by atoms with E-state index in [1.54, 1.807) is 0 Å². The summed E-state index contributed by atoms with van der Waals surface area (Å²) in [5.74, 6) is 0. The minimum absolute atomic E-state index is 0.690. The average molecular weight is 409 g/mol. The monoisotopic (exact) mass is 408 g/mol. The van der Waals surface area contributed by atoms with Gasteiger partial charge in [-0.3, -0.25) is 9.80 Å².